The van der Waals surface area contributed by atoms with Crippen molar-refractivity contribution in [3.05, 3.63) is 29.8 Å². The predicted molar refractivity (Wildman–Crippen MR) is 78.0 cm³/mol. The molecule has 1 unspecified atom stereocenters. The van der Waals surface area contributed by atoms with Crippen LogP contribution in [0.15, 0.2) is 29.2 Å². The number of ether oxygens (including phenoxy) is 1. The van der Waals surface area contributed by atoms with Crippen LogP contribution in [-0.4, -0.2) is 34.2 Å². The van der Waals surface area contributed by atoms with Gasteiger partial charge in [0.15, 0.2) is 0 Å². The van der Waals surface area contributed by atoms with Crippen LogP contribution >= 0.6 is 0 Å². The van der Waals surface area contributed by atoms with Gasteiger partial charge >= 0.3 is 0 Å². The summed E-state index contributed by atoms with van der Waals surface area (Å²) in [5.41, 5.74) is 0.798. The minimum absolute atomic E-state index is 0.114. The second-order valence-corrected chi connectivity index (χ2v) is 6.65. The molecule has 1 saturated heterocycles. The van der Waals surface area contributed by atoms with Crippen molar-refractivity contribution in [3.8, 4) is 0 Å². The monoisotopic (exact) mass is 298 g/mol. The normalized spacial score (nSPS) is 19.4. The van der Waals surface area contributed by atoms with E-state index in [1.807, 2.05) is 12.1 Å². The van der Waals surface area contributed by atoms with Gasteiger partial charge in [-0.25, -0.2) is 13.1 Å². The highest BCUT2D eigenvalue weighted by molar-refractivity contribution is 7.89. The molecule has 2 rings (SSSR count). The summed E-state index contributed by atoms with van der Waals surface area (Å²) in [7, 11) is -3.48. The van der Waals surface area contributed by atoms with Crippen molar-refractivity contribution in [2.75, 3.05) is 19.8 Å². The lowest BCUT2D eigenvalue weighted by atomic mass is 10.2. The van der Waals surface area contributed by atoms with Gasteiger partial charge in [0.2, 0.25) is 10.0 Å². The predicted octanol–water partition coefficient (Wildman–Crippen LogP) is 1.25. The largest absolute Gasteiger partial charge is 0.380 e. The molecule has 1 aromatic rings. The van der Waals surface area contributed by atoms with Gasteiger partial charge in [0.1, 0.15) is 0 Å². The molecule has 0 amide bonds. The molecule has 1 aromatic carbocycles. The summed E-state index contributed by atoms with van der Waals surface area (Å²) in [5.74, 6) is 0. The first-order valence-corrected chi connectivity index (χ1v) is 8.50. The molecule has 1 fully saturated rings. The van der Waals surface area contributed by atoms with Crippen LogP contribution in [0.25, 0.3) is 0 Å². The van der Waals surface area contributed by atoms with Crippen LogP contribution in [0.1, 0.15) is 25.3 Å². The van der Waals surface area contributed by atoms with Crippen LogP contribution in [-0.2, 0) is 21.3 Å². The molecule has 0 radical (unpaired) electrons. The average molecular weight is 298 g/mol. The van der Waals surface area contributed by atoms with Gasteiger partial charge in [-0.3, -0.25) is 0 Å². The summed E-state index contributed by atoms with van der Waals surface area (Å²) in [6, 6.07) is 7.00. The highest BCUT2D eigenvalue weighted by Crippen LogP contribution is 2.17. The van der Waals surface area contributed by atoms with Crippen molar-refractivity contribution >= 4 is 10.0 Å². The van der Waals surface area contributed by atoms with Crippen molar-refractivity contribution in [1.29, 1.82) is 0 Å². The minimum Gasteiger partial charge on any atom is -0.380 e. The zero-order valence-corrected chi connectivity index (χ0v) is 12.6. The lowest BCUT2D eigenvalue weighted by molar-refractivity contribution is 0.192. The maximum Gasteiger partial charge on any atom is 0.241 e. The molecule has 1 aliphatic heterocycles. The second-order valence-electron chi connectivity index (χ2n) is 4.97. The van der Waals surface area contributed by atoms with Gasteiger partial charge in [-0.05, 0) is 31.0 Å². The smallest absolute Gasteiger partial charge is 0.241 e. The molecule has 20 heavy (non-hydrogen) atoms. The van der Waals surface area contributed by atoms with Crippen LogP contribution in [0.2, 0.25) is 0 Å². The van der Waals surface area contributed by atoms with Gasteiger partial charge in [-0.1, -0.05) is 25.1 Å². The average Bonchev–Trinajstić information content (AvgIpc) is 2.91. The van der Waals surface area contributed by atoms with Crippen LogP contribution in [0.5, 0.6) is 0 Å². The van der Waals surface area contributed by atoms with Gasteiger partial charge in [0.05, 0.1) is 11.5 Å². The molecule has 112 valence electrons. The van der Waals surface area contributed by atoms with E-state index in [0.29, 0.717) is 24.7 Å². The Bertz CT molecular complexity index is 525. The van der Waals surface area contributed by atoms with Crippen LogP contribution in [0.4, 0.5) is 0 Å². The van der Waals surface area contributed by atoms with Gasteiger partial charge < -0.3 is 10.1 Å². The molecule has 2 N–H and O–H groups in total. The molecule has 0 aromatic heterocycles. The molecule has 0 spiro atoms. The van der Waals surface area contributed by atoms with E-state index in [1.165, 1.54) is 0 Å². The number of nitrogens with one attached hydrogen (secondary N) is 2. The number of hydrogen-bond donors (Lipinski definition) is 2. The van der Waals surface area contributed by atoms with Crippen molar-refractivity contribution in [2.24, 2.45) is 0 Å². The first kappa shape index (κ1) is 15.4. The zero-order valence-electron chi connectivity index (χ0n) is 11.8. The van der Waals surface area contributed by atoms with Crippen molar-refractivity contribution in [2.45, 2.75) is 37.2 Å². The van der Waals surface area contributed by atoms with E-state index in [2.05, 4.69) is 17.0 Å². The summed E-state index contributed by atoms with van der Waals surface area (Å²) >= 11 is 0. The van der Waals surface area contributed by atoms with Gasteiger partial charge in [0.25, 0.3) is 0 Å². The lowest BCUT2D eigenvalue weighted by Crippen LogP contribution is -2.35. The molecule has 5 nitrogen and oxygen atoms in total. The molecule has 6 heteroatoms. The van der Waals surface area contributed by atoms with E-state index in [-0.39, 0.29) is 6.04 Å². The Morgan fingerprint density at radius 3 is 2.85 bits per heavy atom. The molecule has 1 heterocycles. The number of rotatable bonds is 7. The quantitative estimate of drug-likeness (QED) is 0.744. The van der Waals surface area contributed by atoms with Crippen LogP contribution < -0.4 is 10.0 Å². The molecular weight excluding hydrogens is 276 g/mol. The zero-order chi connectivity index (χ0) is 14.4. The third kappa shape index (κ3) is 4.02. The molecule has 0 aliphatic carbocycles. The van der Waals surface area contributed by atoms with Gasteiger partial charge in [0, 0.05) is 19.2 Å². The number of hydrogen-bond acceptors (Lipinski definition) is 4. The van der Waals surface area contributed by atoms with Crippen LogP contribution in [0.3, 0.4) is 0 Å². The molecule has 0 bridgehead atoms. The Kier molecular flexibility index (Phi) is 5.54. The summed E-state index contributed by atoms with van der Waals surface area (Å²) in [6.45, 7) is 4.59. The molecule has 1 aliphatic rings. The van der Waals surface area contributed by atoms with E-state index >= 15 is 0 Å². The fraction of sp³-hybridized carbons (Fsp3) is 0.571. The fourth-order valence-corrected chi connectivity index (χ4v) is 3.72. The Hall–Kier alpha value is -0.950. The summed E-state index contributed by atoms with van der Waals surface area (Å²) in [5, 5.41) is 3.24. The lowest BCUT2D eigenvalue weighted by Gasteiger charge is -2.14. The number of sulfonamides is 1. The van der Waals surface area contributed by atoms with E-state index in [0.717, 1.165) is 24.9 Å². The molecule has 1 atom stereocenters. The van der Waals surface area contributed by atoms with E-state index in [9.17, 15) is 8.42 Å². The third-order valence-electron chi connectivity index (χ3n) is 3.26. The summed E-state index contributed by atoms with van der Waals surface area (Å²) in [4.78, 5) is 0.357. The van der Waals surface area contributed by atoms with Gasteiger partial charge in [-0.2, -0.15) is 0 Å². The summed E-state index contributed by atoms with van der Waals surface area (Å²) < 4.78 is 32.8. The second kappa shape index (κ2) is 7.17. The van der Waals surface area contributed by atoms with E-state index in [4.69, 9.17) is 4.74 Å². The highest BCUT2D eigenvalue weighted by Gasteiger charge is 2.24. The summed E-state index contributed by atoms with van der Waals surface area (Å²) in [6.07, 6.45) is 1.75. The third-order valence-corrected chi connectivity index (χ3v) is 4.88. The molecular formula is C14H22N2O3S. The van der Waals surface area contributed by atoms with E-state index in [1.54, 1.807) is 12.1 Å². The first-order valence-electron chi connectivity index (χ1n) is 7.02. The molecule has 0 saturated carbocycles. The van der Waals surface area contributed by atoms with Crippen molar-refractivity contribution < 1.29 is 13.2 Å². The standard InChI is InChI=1S/C14H22N2O3S/c1-2-8-15-10-12-5-3-4-6-14(12)20(17,18)16-13-7-9-19-11-13/h3-6,13,15-16H,2,7-11H2,1H3. The maximum atomic E-state index is 12.4. The maximum absolute atomic E-state index is 12.4. The van der Waals surface area contributed by atoms with Crippen LogP contribution in [0, 0.1) is 0 Å². The Labute approximate surface area is 120 Å². The van der Waals surface area contributed by atoms with Crippen molar-refractivity contribution in [3.63, 3.8) is 0 Å². The van der Waals surface area contributed by atoms with E-state index < -0.39 is 10.0 Å². The Morgan fingerprint density at radius 1 is 1.35 bits per heavy atom. The fourth-order valence-electron chi connectivity index (χ4n) is 2.22. The van der Waals surface area contributed by atoms with Gasteiger partial charge in [-0.15, -0.1) is 0 Å². The highest BCUT2D eigenvalue weighted by atomic mass is 32.2. The Balaban J connectivity index is 2.13. The first-order chi connectivity index (χ1) is 9.63. The van der Waals surface area contributed by atoms with Crippen molar-refractivity contribution in [1.82, 2.24) is 10.0 Å². The topological polar surface area (TPSA) is 67.4 Å². The Morgan fingerprint density at radius 2 is 2.15 bits per heavy atom. The minimum atomic E-state index is -3.48. The number of benzene rings is 1. The SMILES string of the molecule is CCCNCc1ccccc1S(=O)(=O)NC1CCOC1.